The van der Waals surface area contributed by atoms with E-state index in [-0.39, 0.29) is 27.4 Å². The van der Waals surface area contributed by atoms with E-state index in [2.05, 4.69) is 21.2 Å². The molecule has 16 heavy (non-hydrogen) atoms. The Morgan fingerprint density at radius 2 is 2.12 bits per heavy atom. The number of nitrogens with one attached hydrogen (secondary N) is 1. The Bertz CT molecular complexity index is 396. The number of halogens is 2. The van der Waals surface area contributed by atoms with Gasteiger partial charge in [0.05, 0.1) is 9.85 Å². The Morgan fingerprint density at radius 1 is 1.50 bits per heavy atom. The third kappa shape index (κ3) is 3.39. The van der Waals surface area contributed by atoms with Gasteiger partial charge in [0.15, 0.2) is 0 Å². The lowest BCUT2D eigenvalue weighted by atomic mass is 10.1. The third-order valence-corrected chi connectivity index (χ3v) is 3.83. The first kappa shape index (κ1) is 13.3. The van der Waals surface area contributed by atoms with Gasteiger partial charge in [-0.25, -0.2) is 0 Å². The number of amides is 1. The Labute approximate surface area is 108 Å². The Hall–Kier alpha value is -0.740. The standard InChI is InChI=1S/C11H13BrClNO2/c1-6(2)10(12)11(16)14-7-3-4-9(15)8(13)5-7/h3-6,10,15H,1-2H3,(H,14,16). The van der Waals surface area contributed by atoms with Crippen LogP contribution in [0.3, 0.4) is 0 Å². The van der Waals surface area contributed by atoms with Crippen LogP contribution in [0.4, 0.5) is 5.69 Å². The summed E-state index contributed by atoms with van der Waals surface area (Å²) in [6, 6.07) is 4.55. The molecule has 0 heterocycles. The summed E-state index contributed by atoms with van der Waals surface area (Å²) >= 11 is 9.03. The van der Waals surface area contributed by atoms with Crippen molar-refractivity contribution in [1.82, 2.24) is 0 Å². The molecule has 5 heteroatoms. The van der Waals surface area contributed by atoms with Crippen LogP contribution in [-0.4, -0.2) is 15.8 Å². The number of benzene rings is 1. The largest absolute Gasteiger partial charge is 0.506 e. The number of carbonyl (C=O) groups is 1. The molecule has 1 aromatic rings. The fraction of sp³-hybridized carbons (Fsp3) is 0.364. The van der Waals surface area contributed by atoms with E-state index in [0.29, 0.717) is 5.69 Å². The van der Waals surface area contributed by atoms with Gasteiger partial charge in [0.2, 0.25) is 5.91 Å². The second-order valence-electron chi connectivity index (χ2n) is 3.80. The SMILES string of the molecule is CC(C)C(Br)C(=O)Nc1ccc(O)c(Cl)c1. The highest BCUT2D eigenvalue weighted by Crippen LogP contribution is 2.26. The average molecular weight is 307 g/mol. The first-order chi connectivity index (χ1) is 7.41. The molecule has 0 fully saturated rings. The molecule has 2 N–H and O–H groups in total. The molecule has 88 valence electrons. The molecule has 0 aromatic heterocycles. The number of aromatic hydroxyl groups is 1. The van der Waals surface area contributed by atoms with E-state index in [0.717, 1.165) is 0 Å². The molecule has 1 unspecified atom stereocenters. The topological polar surface area (TPSA) is 49.3 Å². The monoisotopic (exact) mass is 305 g/mol. The van der Waals surface area contributed by atoms with Crippen LogP contribution in [0.5, 0.6) is 5.75 Å². The van der Waals surface area contributed by atoms with E-state index >= 15 is 0 Å². The molecule has 1 rings (SSSR count). The number of carbonyl (C=O) groups excluding carboxylic acids is 1. The second kappa shape index (κ2) is 5.55. The first-order valence-electron chi connectivity index (χ1n) is 4.85. The summed E-state index contributed by atoms with van der Waals surface area (Å²) in [6.45, 7) is 3.89. The summed E-state index contributed by atoms with van der Waals surface area (Å²) in [5.41, 5.74) is 0.568. The average Bonchev–Trinajstić information content (AvgIpc) is 2.22. The number of rotatable bonds is 3. The Kier molecular flexibility index (Phi) is 4.62. The van der Waals surface area contributed by atoms with Gasteiger partial charge < -0.3 is 10.4 Å². The van der Waals surface area contributed by atoms with Gasteiger partial charge in [-0.2, -0.15) is 0 Å². The smallest absolute Gasteiger partial charge is 0.238 e. The van der Waals surface area contributed by atoms with Crippen molar-refractivity contribution < 1.29 is 9.90 Å². The molecule has 0 saturated carbocycles. The fourth-order valence-electron chi connectivity index (χ4n) is 1.10. The number of anilines is 1. The van der Waals surface area contributed by atoms with Crippen molar-refractivity contribution in [2.75, 3.05) is 5.32 Å². The molecule has 0 radical (unpaired) electrons. The molecule has 0 bridgehead atoms. The highest BCUT2D eigenvalue weighted by molar-refractivity contribution is 9.10. The summed E-state index contributed by atoms with van der Waals surface area (Å²) in [6.07, 6.45) is 0. The summed E-state index contributed by atoms with van der Waals surface area (Å²) < 4.78 is 0. The molecule has 1 atom stereocenters. The number of hydrogen-bond acceptors (Lipinski definition) is 2. The van der Waals surface area contributed by atoms with E-state index in [9.17, 15) is 9.90 Å². The minimum Gasteiger partial charge on any atom is -0.506 e. The van der Waals surface area contributed by atoms with Crippen LogP contribution in [0.25, 0.3) is 0 Å². The first-order valence-corrected chi connectivity index (χ1v) is 6.14. The van der Waals surface area contributed by atoms with Crippen molar-refractivity contribution in [3.8, 4) is 5.75 Å². The lowest BCUT2D eigenvalue weighted by Gasteiger charge is -2.14. The summed E-state index contributed by atoms with van der Waals surface area (Å²) in [4.78, 5) is 11.4. The van der Waals surface area contributed by atoms with Crippen molar-refractivity contribution in [3.05, 3.63) is 23.2 Å². The zero-order chi connectivity index (χ0) is 12.3. The van der Waals surface area contributed by atoms with Crippen LogP contribution in [0.15, 0.2) is 18.2 Å². The fourth-order valence-corrected chi connectivity index (χ4v) is 1.39. The van der Waals surface area contributed by atoms with Crippen molar-refractivity contribution in [2.45, 2.75) is 18.7 Å². The molecular weight excluding hydrogens is 293 g/mol. The van der Waals surface area contributed by atoms with Gasteiger partial charge in [-0.1, -0.05) is 41.4 Å². The molecule has 0 spiro atoms. The van der Waals surface area contributed by atoms with Crippen LogP contribution in [-0.2, 0) is 4.79 Å². The van der Waals surface area contributed by atoms with Crippen molar-refractivity contribution in [1.29, 1.82) is 0 Å². The lowest BCUT2D eigenvalue weighted by molar-refractivity contribution is -0.116. The molecule has 3 nitrogen and oxygen atoms in total. The quantitative estimate of drug-likeness (QED) is 0.664. The Morgan fingerprint density at radius 3 is 2.62 bits per heavy atom. The summed E-state index contributed by atoms with van der Waals surface area (Å²) in [7, 11) is 0. The van der Waals surface area contributed by atoms with Crippen LogP contribution in [0.2, 0.25) is 5.02 Å². The van der Waals surface area contributed by atoms with E-state index in [4.69, 9.17) is 11.6 Å². The van der Waals surface area contributed by atoms with E-state index in [1.807, 2.05) is 13.8 Å². The molecule has 0 aliphatic carbocycles. The van der Waals surface area contributed by atoms with Gasteiger partial charge in [-0.3, -0.25) is 4.79 Å². The highest BCUT2D eigenvalue weighted by atomic mass is 79.9. The van der Waals surface area contributed by atoms with Crippen LogP contribution in [0.1, 0.15) is 13.8 Å². The predicted molar refractivity (Wildman–Crippen MR) is 69.3 cm³/mol. The summed E-state index contributed by atoms with van der Waals surface area (Å²) in [5, 5.41) is 12.1. The van der Waals surface area contributed by atoms with Crippen LogP contribution >= 0.6 is 27.5 Å². The maximum Gasteiger partial charge on any atom is 0.238 e. The van der Waals surface area contributed by atoms with Gasteiger partial charge >= 0.3 is 0 Å². The molecule has 0 aliphatic heterocycles. The maximum absolute atomic E-state index is 11.7. The predicted octanol–water partition coefficient (Wildman–Crippen LogP) is 3.40. The van der Waals surface area contributed by atoms with E-state index < -0.39 is 0 Å². The van der Waals surface area contributed by atoms with Gasteiger partial charge in [-0.05, 0) is 24.1 Å². The van der Waals surface area contributed by atoms with E-state index in [1.165, 1.54) is 12.1 Å². The molecular formula is C11H13BrClNO2. The van der Waals surface area contributed by atoms with Crippen LogP contribution < -0.4 is 5.32 Å². The molecule has 1 aromatic carbocycles. The van der Waals surface area contributed by atoms with Crippen LogP contribution in [0, 0.1) is 5.92 Å². The van der Waals surface area contributed by atoms with E-state index in [1.54, 1.807) is 6.07 Å². The number of phenolic OH excluding ortho intramolecular Hbond substituents is 1. The molecule has 0 aliphatic rings. The summed E-state index contributed by atoms with van der Waals surface area (Å²) in [5.74, 6) is 0.0725. The normalized spacial score (nSPS) is 12.6. The minimum absolute atomic E-state index is 0.00100. The minimum atomic E-state index is -0.250. The van der Waals surface area contributed by atoms with Gasteiger partial charge in [0, 0.05) is 5.69 Å². The third-order valence-electron chi connectivity index (χ3n) is 2.05. The van der Waals surface area contributed by atoms with Crippen molar-refractivity contribution >= 4 is 39.1 Å². The molecule has 0 saturated heterocycles. The Balaban J connectivity index is 2.74. The second-order valence-corrected chi connectivity index (χ2v) is 5.19. The highest BCUT2D eigenvalue weighted by Gasteiger charge is 2.18. The van der Waals surface area contributed by atoms with Gasteiger partial charge in [0.25, 0.3) is 0 Å². The zero-order valence-electron chi connectivity index (χ0n) is 9.00. The van der Waals surface area contributed by atoms with Crippen molar-refractivity contribution in [2.24, 2.45) is 5.92 Å². The number of hydrogen-bond donors (Lipinski definition) is 2. The number of phenols is 1. The lowest BCUT2D eigenvalue weighted by Crippen LogP contribution is -2.26. The maximum atomic E-state index is 11.7. The van der Waals surface area contributed by atoms with Gasteiger partial charge in [-0.15, -0.1) is 0 Å². The molecule has 1 amide bonds. The van der Waals surface area contributed by atoms with Gasteiger partial charge in [0.1, 0.15) is 5.75 Å². The number of alkyl halides is 1. The zero-order valence-corrected chi connectivity index (χ0v) is 11.3. The van der Waals surface area contributed by atoms with Crippen molar-refractivity contribution in [3.63, 3.8) is 0 Å².